The smallest absolute Gasteiger partial charge is 0.332 e. The van der Waals surface area contributed by atoms with E-state index in [0.717, 1.165) is 11.1 Å². The molecule has 2 aromatic rings. The van der Waals surface area contributed by atoms with Gasteiger partial charge in [0.25, 0.3) is 0 Å². The fourth-order valence-corrected chi connectivity index (χ4v) is 2.46. The largest absolute Gasteiger partial charge is 0.394 e. The van der Waals surface area contributed by atoms with Crippen LogP contribution in [-0.2, 0) is 13.0 Å². The zero-order valence-corrected chi connectivity index (χ0v) is 14.2. The molecule has 0 unspecified atom stereocenters. The number of hydrogen-bond acceptors (Lipinski definition) is 3. The molecule has 0 saturated carbocycles. The van der Waals surface area contributed by atoms with Gasteiger partial charge in [0, 0.05) is 14.1 Å². The molecule has 2 N–H and O–H groups in total. The number of urea groups is 1. The Morgan fingerprint density at radius 2 is 1.54 bits per heavy atom. The number of nitrogens with zero attached hydrogens (tertiary/aromatic N) is 2. The normalized spacial score (nSPS) is 12.0. The van der Waals surface area contributed by atoms with Gasteiger partial charge in [-0.3, -0.25) is 5.01 Å². The summed E-state index contributed by atoms with van der Waals surface area (Å²) >= 11 is 0. The van der Waals surface area contributed by atoms with E-state index >= 15 is 0 Å². The number of nitrogens with one attached hydrogen (secondary N) is 1. The molecule has 0 spiro atoms. The first-order chi connectivity index (χ1) is 11.6. The van der Waals surface area contributed by atoms with Gasteiger partial charge in [0.2, 0.25) is 0 Å². The molecule has 0 aliphatic rings. The van der Waals surface area contributed by atoms with E-state index in [-0.39, 0.29) is 18.7 Å². The SMILES string of the molecule is CN(C)N(Cc1ccccc1)C(=O)N[C@H](CO)Cc1ccccc1. The molecule has 2 amide bonds. The van der Waals surface area contributed by atoms with Crippen molar-refractivity contribution in [2.45, 2.75) is 19.0 Å². The van der Waals surface area contributed by atoms with Crippen LogP contribution in [0, 0.1) is 0 Å². The van der Waals surface area contributed by atoms with Crippen molar-refractivity contribution in [2.75, 3.05) is 20.7 Å². The lowest BCUT2D eigenvalue weighted by Crippen LogP contribution is -2.51. The summed E-state index contributed by atoms with van der Waals surface area (Å²) in [5.41, 5.74) is 2.13. The van der Waals surface area contributed by atoms with Crippen molar-refractivity contribution in [3.05, 3.63) is 71.8 Å². The maximum Gasteiger partial charge on any atom is 0.332 e. The van der Waals surface area contributed by atoms with E-state index in [4.69, 9.17) is 0 Å². The highest BCUT2D eigenvalue weighted by molar-refractivity contribution is 5.74. The second-order valence-electron chi connectivity index (χ2n) is 5.91. The molecule has 128 valence electrons. The number of aliphatic hydroxyl groups is 1. The highest BCUT2D eigenvalue weighted by Crippen LogP contribution is 2.08. The molecule has 0 saturated heterocycles. The minimum absolute atomic E-state index is 0.104. The van der Waals surface area contributed by atoms with Crippen LogP contribution in [-0.4, -0.2) is 47.9 Å². The molecular formula is C19H25N3O2. The summed E-state index contributed by atoms with van der Waals surface area (Å²) in [5.74, 6) is 0. The maximum atomic E-state index is 12.6. The molecule has 0 aliphatic heterocycles. The van der Waals surface area contributed by atoms with Gasteiger partial charge in [-0.25, -0.2) is 9.80 Å². The lowest BCUT2D eigenvalue weighted by atomic mass is 10.1. The summed E-state index contributed by atoms with van der Waals surface area (Å²) in [6.07, 6.45) is 0.593. The van der Waals surface area contributed by atoms with E-state index in [1.807, 2.05) is 74.8 Å². The highest BCUT2D eigenvalue weighted by Gasteiger charge is 2.20. The summed E-state index contributed by atoms with van der Waals surface area (Å²) in [7, 11) is 3.65. The molecule has 0 bridgehead atoms. The van der Waals surface area contributed by atoms with Gasteiger partial charge in [-0.2, -0.15) is 0 Å². The van der Waals surface area contributed by atoms with Gasteiger partial charge in [-0.1, -0.05) is 60.7 Å². The third kappa shape index (κ3) is 5.37. The Morgan fingerprint density at radius 3 is 2.04 bits per heavy atom. The number of amides is 2. The maximum absolute atomic E-state index is 12.6. The third-order valence-electron chi connectivity index (χ3n) is 3.77. The van der Waals surface area contributed by atoms with E-state index in [2.05, 4.69) is 5.32 Å². The molecule has 0 radical (unpaired) electrons. The number of benzene rings is 2. The van der Waals surface area contributed by atoms with Crippen LogP contribution < -0.4 is 5.32 Å². The first-order valence-corrected chi connectivity index (χ1v) is 8.04. The van der Waals surface area contributed by atoms with Crippen LogP contribution in [0.3, 0.4) is 0 Å². The van der Waals surface area contributed by atoms with Crippen LogP contribution >= 0.6 is 0 Å². The van der Waals surface area contributed by atoms with Gasteiger partial charge in [-0.05, 0) is 17.5 Å². The Balaban J connectivity index is 2.00. The van der Waals surface area contributed by atoms with Crippen molar-refractivity contribution in [3.8, 4) is 0 Å². The Kier molecular flexibility index (Phi) is 6.78. The van der Waals surface area contributed by atoms with Crippen LogP contribution in [0.5, 0.6) is 0 Å². The number of hydrazine groups is 1. The fourth-order valence-electron chi connectivity index (χ4n) is 2.46. The van der Waals surface area contributed by atoms with Crippen LogP contribution in [0.1, 0.15) is 11.1 Å². The molecule has 0 heterocycles. The Morgan fingerprint density at radius 1 is 1.00 bits per heavy atom. The van der Waals surface area contributed by atoms with Crippen LogP contribution in [0.15, 0.2) is 60.7 Å². The minimum atomic E-state index is -0.321. The summed E-state index contributed by atoms with van der Waals surface area (Å²) in [6, 6.07) is 19.1. The van der Waals surface area contributed by atoms with E-state index in [0.29, 0.717) is 13.0 Å². The van der Waals surface area contributed by atoms with Crippen molar-refractivity contribution in [1.82, 2.24) is 15.3 Å². The first kappa shape index (κ1) is 18.0. The molecule has 0 aromatic heterocycles. The second kappa shape index (κ2) is 9.05. The first-order valence-electron chi connectivity index (χ1n) is 8.04. The summed E-state index contributed by atoms with van der Waals surface area (Å²) < 4.78 is 0. The van der Waals surface area contributed by atoms with Gasteiger partial charge in [0.05, 0.1) is 19.2 Å². The number of hydrogen-bond donors (Lipinski definition) is 2. The average molecular weight is 327 g/mol. The Labute approximate surface area is 143 Å². The van der Waals surface area contributed by atoms with Crippen molar-refractivity contribution < 1.29 is 9.90 Å². The van der Waals surface area contributed by atoms with Gasteiger partial charge < -0.3 is 10.4 Å². The third-order valence-corrected chi connectivity index (χ3v) is 3.77. The van der Waals surface area contributed by atoms with Gasteiger partial charge in [-0.15, -0.1) is 0 Å². The molecule has 2 aromatic carbocycles. The van der Waals surface area contributed by atoms with Crippen molar-refractivity contribution in [3.63, 3.8) is 0 Å². The summed E-state index contributed by atoms with van der Waals surface area (Å²) in [4.78, 5) is 12.6. The van der Waals surface area contributed by atoms with E-state index < -0.39 is 0 Å². The van der Waals surface area contributed by atoms with E-state index in [9.17, 15) is 9.90 Å². The number of rotatable bonds is 7. The van der Waals surface area contributed by atoms with Gasteiger partial charge in [0.15, 0.2) is 0 Å². The van der Waals surface area contributed by atoms with E-state index in [1.54, 1.807) is 10.0 Å². The topological polar surface area (TPSA) is 55.8 Å². The molecule has 0 fully saturated rings. The zero-order valence-electron chi connectivity index (χ0n) is 14.2. The Hall–Kier alpha value is -2.37. The standard InChI is InChI=1S/C19H25N3O2/c1-21(2)22(14-17-11-7-4-8-12-17)19(24)20-18(15-23)13-16-9-5-3-6-10-16/h3-12,18,23H,13-15H2,1-2H3,(H,20,24)/t18-/m0/s1. The average Bonchev–Trinajstić information content (AvgIpc) is 2.60. The van der Waals surface area contributed by atoms with Crippen molar-refractivity contribution in [1.29, 1.82) is 0 Å². The molecule has 1 atom stereocenters. The molecule has 5 nitrogen and oxygen atoms in total. The molecule has 24 heavy (non-hydrogen) atoms. The summed E-state index contributed by atoms with van der Waals surface area (Å²) in [6.45, 7) is 0.371. The van der Waals surface area contributed by atoms with Crippen LogP contribution in [0.25, 0.3) is 0 Å². The second-order valence-corrected chi connectivity index (χ2v) is 5.91. The quantitative estimate of drug-likeness (QED) is 0.767. The number of carbonyl (C=O) groups excluding carboxylic acids is 1. The number of carbonyl (C=O) groups is 1. The fraction of sp³-hybridized carbons (Fsp3) is 0.316. The molecular weight excluding hydrogens is 302 g/mol. The van der Waals surface area contributed by atoms with Crippen LogP contribution in [0.2, 0.25) is 0 Å². The highest BCUT2D eigenvalue weighted by atomic mass is 16.3. The molecule has 5 heteroatoms. The van der Waals surface area contributed by atoms with Crippen LogP contribution in [0.4, 0.5) is 4.79 Å². The van der Waals surface area contributed by atoms with Crippen molar-refractivity contribution >= 4 is 6.03 Å². The van der Waals surface area contributed by atoms with Gasteiger partial charge >= 0.3 is 6.03 Å². The van der Waals surface area contributed by atoms with Gasteiger partial charge in [0.1, 0.15) is 0 Å². The lowest BCUT2D eigenvalue weighted by Gasteiger charge is -2.31. The monoisotopic (exact) mass is 327 g/mol. The van der Waals surface area contributed by atoms with E-state index in [1.165, 1.54) is 0 Å². The minimum Gasteiger partial charge on any atom is -0.394 e. The predicted molar refractivity (Wildman–Crippen MR) is 95.2 cm³/mol. The number of aliphatic hydroxyl groups excluding tert-OH is 1. The summed E-state index contributed by atoms with van der Waals surface area (Å²) in [5, 5.41) is 15.9. The molecule has 2 rings (SSSR count). The molecule has 0 aliphatic carbocycles. The zero-order chi connectivity index (χ0) is 17.4. The van der Waals surface area contributed by atoms with Crippen molar-refractivity contribution in [2.24, 2.45) is 0 Å². The lowest BCUT2D eigenvalue weighted by molar-refractivity contribution is 0.0522. The predicted octanol–water partition coefficient (Wildman–Crippen LogP) is 2.28. The Bertz CT molecular complexity index is 617.